The third kappa shape index (κ3) is 5.56. The van der Waals surface area contributed by atoms with Crippen LogP contribution in [0.2, 0.25) is 18.1 Å². The van der Waals surface area contributed by atoms with Crippen LogP contribution in [0, 0.1) is 0 Å². The fourth-order valence-electron chi connectivity index (χ4n) is 7.64. The van der Waals surface area contributed by atoms with Crippen molar-refractivity contribution in [1.82, 2.24) is 14.4 Å². The molecule has 2 aromatic carbocycles. The number of hydrogen-bond donors (Lipinski definition) is 0. The van der Waals surface area contributed by atoms with Crippen LogP contribution in [0.5, 0.6) is 0 Å². The number of carbonyl (C=O) groups is 4. The Bertz CT molecular complexity index is 1950. The zero-order valence-electron chi connectivity index (χ0n) is 32.2. The Balaban J connectivity index is 1.65. The van der Waals surface area contributed by atoms with E-state index in [4.69, 9.17) is 13.9 Å². The van der Waals surface area contributed by atoms with Crippen LogP contribution >= 0.6 is 0 Å². The number of likely N-dealkylation sites (N-methyl/N-ethyl adjacent to an activating group) is 1. The summed E-state index contributed by atoms with van der Waals surface area (Å²) in [4.78, 5) is 62.8. The van der Waals surface area contributed by atoms with Crippen molar-refractivity contribution >= 4 is 48.9 Å². The van der Waals surface area contributed by atoms with E-state index < -0.39 is 61.0 Å². The smallest absolute Gasteiger partial charge is 0.419 e. The van der Waals surface area contributed by atoms with E-state index >= 15 is 4.79 Å². The Morgan fingerprint density at radius 2 is 1.39 bits per heavy atom. The van der Waals surface area contributed by atoms with E-state index in [2.05, 4.69) is 20.8 Å². The lowest BCUT2D eigenvalue weighted by molar-refractivity contribution is -0.189. The molecule has 4 atom stereocenters. The van der Waals surface area contributed by atoms with E-state index in [1.54, 1.807) is 45.8 Å². The predicted octanol–water partition coefficient (Wildman–Crippen LogP) is 7.60. The van der Waals surface area contributed by atoms with E-state index in [9.17, 15) is 14.4 Å². The molecular formula is C39H52N4O7Si. The number of anilines is 1. The molecule has 3 aliphatic heterocycles. The van der Waals surface area contributed by atoms with E-state index in [-0.39, 0.29) is 17.4 Å². The molecule has 0 N–H and O–H groups in total. The number of rotatable bonds is 3. The zero-order valence-corrected chi connectivity index (χ0v) is 33.2. The number of carbonyl (C=O) groups excluding carboxylic acids is 4. The fourth-order valence-corrected chi connectivity index (χ4v) is 9.17. The summed E-state index contributed by atoms with van der Waals surface area (Å²) < 4.78 is 20.3. The molecule has 1 unspecified atom stereocenters. The second-order valence-electron chi connectivity index (χ2n) is 17.8. The topological polar surface area (TPSA) is 111 Å². The van der Waals surface area contributed by atoms with Crippen molar-refractivity contribution in [3.8, 4) is 0 Å². The van der Waals surface area contributed by atoms with Gasteiger partial charge in [-0.3, -0.25) is 19.1 Å². The minimum Gasteiger partial charge on any atom is -0.443 e. The van der Waals surface area contributed by atoms with E-state index in [1.165, 1.54) is 14.4 Å². The molecule has 2 fully saturated rings. The molecule has 11 nitrogen and oxygen atoms in total. The molecule has 6 rings (SSSR count). The lowest BCUT2D eigenvalue weighted by Crippen LogP contribution is -2.73. The molecule has 0 radical (unpaired) electrons. The maximum Gasteiger partial charge on any atom is 0.419 e. The average Bonchev–Trinajstić information content (AvgIpc) is 3.63. The highest BCUT2D eigenvalue weighted by Gasteiger charge is 2.71. The SMILES string of the molecule is CN1C(=O)C2C[C@]3(c4cn(C(=O)OC(C)(C)C)c5ccccc45)c4ccccc4N(C(=O)OC(C)(C)C)[C@@H]3N2C(=O)[C@]1(C)O[Si](C)(C)C(C)(C)C. The van der Waals surface area contributed by atoms with E-state index in [1.807, 2.05) is 82.4 Å². The zero-order chi connectivity index (χ0) is 37.9. The van der Waals surface area contributed by atoms with Gasteiger partial charge in [-0.15, -0.1) is 0 Å². The highest BCUT2D eigenvalue weighted by atomic mass is 28.4. The van der Waals surface area contributed by atoms with Crippen molar-refractivity contribution in [2.24, 2.45) is 0 Å². The monoisotopic (exact) mass is 716 g/mol. The Morgan fingerprint density at radius 1 is 0.824 bits per heavy atom. The second-order valence-corrected chi connectivity index (χ2v) is 22.5. The molecule has 3 aromatic rings. The Hall–Kier alpha value is -4.16. The van der Waals surface area contributed by atoms with Gasteiger partial charge in [0.05, 0.1) is 16.6 Å². The summed E-state index contributed by atoms with van der Waals surface area (Å²) >= 11 is 0. The fraction of sp³-hybridized carbons (Fsp3) is 0.538. The maximum absolute atomic E-state index is 15.3. The van der Waals surface area contributed by atoms with Crippen molar-refractivity contribution in [3.05, 3.63) is 65.9 Å². The van der Waals surface area contributed by atoms with Gasteiger partial charge in [-0.25, -0.2) is 9.59 Å². The van der Waals surface area contributed by atoms with Crippen LogP contribution in [0.1, 0.15) is 86.8 Å². The largest absolute Gasteiger partial charge is 0.443 e. The first-order valence-electron chi connectivity index (χ1n) is 17.6. The highest BCUT2D eigenvalue weighted by Crippen LogP contribution is 2.61. The van der Waals surface area contributed by atoms with Crippen molar-refractivity contribution in [1.29, 1.82) is 0 Å². The number of nitrogens with zero attached hydrogens (tertiary/aromatic N) is 4. The van der Waals surface area contributed by atoms with Gasteiger partial charge in [0.1, 0.15) is 23.4 Å². The van der Waals surface area contributed by atoms with Gasteiger partial charge in [0.25, 0.3) is 5.91 Å². The molecule has 274 valence electrons. The lowest BCUT2D eigenvalue weighted by Gasteiger charge is -2.53. The molecule has 0 spiro atoms. The summed E-state index contributed by atoms with van der Waals surface area (Å²) in [5, 5.41) is 0.476. The minimum atomic E-state index is -2.64. The van der Waals surface area contributed by atoms with E-state index in [0.717, 1.165) is 10.9 Å². The summed E-state index contributed by atoms with van der Waals surface area (Å²) in [7, 11) is -1.01. The van der Waals surface area contributed by atoms with Crippen molar-refractivity contribution in [2.75, 3.05) is 11.9 Å². The number of benzene rings is 2. The molecular weight excluding hydrogens is 665 g/mol. The van der Waals surface area contributed by atoms with Crippen LogP contribution in [-0.2, 0) is 28.9 Å². The van der Waals surface area contributed by atoms with Crippen LogP contribution in [0.4, 0.5) is 15.3 Å². The second kappa shape index (κ2) is 11.4. The normalized spacial score (nSPS) is 25.2. The number of aromatic nitrogens is 1. The van der Waals surface area contributed by atoms with Crippen LogP contribution in [0.25, 0.3) is 10.9 Å². The summed E-state index contributed by atoms with van der Waals surface area (Å²) in [5.41, 5.74) is -1.81. The predicted molar refractivity (Wildman–Crippen MR) is 198 cm³/mol. The molecule has 12 heteroatoms. The first-order valence-corrected chi connectivity index (χ1v) is 20.5. The van der Waals surface area contributed by atoms with Gasteiger partial charge in [0.2, 0.25) is 11.6 Å². The molecule has 51 heavy (non-hydrogen) atoms. The molecule has 3 amide bonds. The number of fused-ring (bicyclic) bond motifs is 6. The molecule has 2 saturated heterocycles. The summed E-state index contributed by atoms with van der Waals surface area (Å²) in [6.45, 7) is 22.8. The minimum absolute atomic E-state index is 0.154. The molecule has 0 bridgehead atoms. The number of para-hydroxylation sites is 2. The first kappa shape index (κ1) is 36.6. The number of hydrogen-bond acceptors (Lipinski definition) is 7. The van der Waals surface area contributed by atoms with Crippen LogP contribution < -0.4 is 4.90 Å². The van der Waals surface area contributed by atoms with Gasteiger partial charge < -0.3 is 23.7 Å². The molecule has 1 aromatic heterocycles. The van der Waals surface area contributed by atoms with Crippen molar-refractivity contribution in [2.45, 2.75) is 128 Å². The average molecular weight is 717 g/mol. The van der Waals surface area contributed by atoms with Crippen LogP contribution in [0.3, 0.4) is 0 Å². The standard InChI is InChI=1S/C39H52N4O7Si/c1-35(2,3)48-33(46)41-23-26(24-18-14-16-20-27(24)41)39-22-29-30(44)40(11)38(10,50-51(12,13)37(7,8)9)32(45)42(29)31(39)43(34(47)49-36(4,5)6)28-21-17-15-19-25(28)39/h14-21,23,29,31H,22H2,1-13H3/t29?,31-,38-,39+/m0/s1. The van der Waals surface area contributed by atoms with Crippen LogP contribution in [0.15, 0.2) is 54.7 Å². The van der Waals surface area contributed by atoms with Crippen molar-refractivity contribution in [3.63, 3.8) is 0 Å². The molecule has 4 heterocycles. The van der Waals surface area contributed by atoms with Gasteiger partial charge in [-0.05, 0) is 96.3 Å². The van der Waals surface area contributed by atoms with Gasteiger partial charge >= 0.3 is 12.2 Å². The summed E-state index contributed by atoms with van der Waals surface area (Å²) in [6.07, 6.45) is -0.332. The maximum atomic E-state index is 15.3. The van der Waals surface area contributed by atoms with E-state index in [0.29, 0.717) is 16.8 Å². The van der Waals surface area contributed by atoms with Gasteiger partial charge in [-0.2, -0.15) is 0 Å². The molecule has 0 saturated carbocycles. The van der Waals surface area contributed by atoms with Crippen molar-refractivity contribution < 1.29 is 33.1 Å². The van der Waals surface area contributed by atoms with Gasteiger partial charge in [-0.1, -0.05) is 57.2 Å². The number of ether oxygens (including phenoxy) is 2. The quantitative estimate of drug-likeness (QED) is 0.257. The highest BCUT2D eigenvalue weighted by molar-refractivity contribution is 6.74. The van der Waals surface area contributed by atoms with Crippen LogP contribution in [-0.4, -0.2) is 82.9 Å². The molecule has 3 aliphatic rings. The third-order valence-electron chi connectivity index (χ3n) is 11.0. The Labute approximate surface area is 301 Å². The summed E-state index contributed by atoms with van der Waals surface area (Å²) in [6, 6.07) is 14.1. The lowest BCUT2D eigenvalue weighted by atomic mass is 9.72. The molecule has 0 aliphatic carbocycles. The number of amides is 3. The Kier molecular flexibility index (Phi) is 8.20. The number of piperazine rings is 1. The first-order chi connectivity index (χ1) is 23.4. The Morgan fingerprint density at radius 3 is 2.00 bits per heavy atom. The van der Waals surface area contributed by atoms with Gasteiger partial charge in [0, 0.05) is 18.6 Å². The van der Waals surface area contributed by atoms with Gasteiger partial charge in [0.15, 0.2) is 8.32 Å². The summed E-state index contributed by atoms with van der Waals surface area (Å²) in [5.74, 6) is -0.703. The third-order valence-corrected chi connectivity index (χ3v) is 15.5.